The first-order valence-corrected chi connectivity index (χ1v) is 32.1. The van der Waals surface area contributed by atoms with Crippen molar-refractivity contribution in [2.75, 3.05) is 9.80 Å². The Hall–Kier alpha value is -5.21. The SMILES string of the molecule is CC(C)c1cc(Oc2[c-]c3c(cc2)c2ccccc2n3-c2cc(C3(c4ccccc4)C4CC5CC(C4)CC3C5)ccn2)[c-]c(N2[CH-]N(c3c([Si](C)(C)C)cccc3[Si](C)(C)C)c3ccccc32)c1.[Pt]. The van der Waals surface area contributed by atoms with E-state index in [0.717, 1.165) is 45.4 Å². The molecule has 0 atom stereocenters. The van der Waals surface area contributed by atoms with Gasteiger partial charge in [0.1, 0.15) is 5.82 Å². The maximum atomic E-state index is 6.96. The number of fused-ring (bicyclic) bond motifs is 4. The van der Waals surface area contributed by atoms with Gasteiger partial charge in [-0.05, 0) is 119 Å². The quantitative estimate of drug-likeness (QED) is 0.101. The van der Waals surface area contributed by atoms with Gasteiger partial charge in [0.05, 0.1) is 16.1 Å². The van der Waals surface area contributed by atoms with Crippen molar-refractivity contribution in [1.82, 2.24) is 9.55 Å². The second kappa shape index (κ2) is 17.3. The molecule has 354 valence electrons. The van der Waals surface area contributed by atoms with E-state index in [-0.39, 0.29) is 32.4 Å². The number of aromatic nitrogens is 2. The standard InChI is InChI=1S/C61H63N4OSi2.Pt/c1-40(2)43-34-48(63-39-64(55-22-15-14-21-54(55)63)60-57(67(3,4)5)23-16-24-58(60)68(6,7)8)37-50(35-43)66-49-25-26-52-51-19-12-13-20-53(51)65(56(52)38-49)59-36-45(27-28-62-59)61(44-17-10-9-11-18-44)46-30-41-29-42(32-46)33-47(61)31-41;/h9-28,34-36,39-42,46-47H,29-33H2,1-8H3;/q-3;. The van der Waals surface area contributed by atoms with E-state index in [9.17, 15) is 0 Å². The molecular weight excluding hydrogens is 1060 g/mol. The molecule has 5 nitrogen and oxygen atoms in total. The predicted octanol–water partition coefficient (Wildman–Crippen LogP) is 14.9. The summed E-state index contributed by atoms with van der Waals surface area (Å²) in [6.45, 7) is 21.6. The molecule has 0 spiro atoms. The van der Waals surface area contributed by atoms with Crippen LogP contribution in [-0.4, -0.2) is 25.7 Å². The average Bonchev–Trinajstić information content (AvgIpc) is 3.87. The van der Waals surface area contributed by atoms with Gasteiger partial charge in [-0.1, -0.05) is 138 Å². The first-order valence-electron chi connectivity index (χ1n) is 25.1. The molecule has 6 aromatic carbocycles. The number of anilines is 4. The Bertz CT molecular complexity index is 3180. The molecule has 0 saturated heterocycles. The zero-order valence-corrected chi connectivity index (χ0v) is 45.6. The van der Waals surface area contributed by atoms with Crippen molar-refractivity contribution in [2.24, 2.45) is 23.7 Å². The molecule has 8 heteroatoms. The second-order valence-corrected chi connectivity index (χ2v) is 32.9. The Labute approximate surface area is 426 Å². The number of ether oxygens (including phenoxy) is 1. The molecule has 4 aliphatic carbocycles. The van der Waals surface area contributed by atoms with Crippen molar-refractivity contribution in [3.05, 3.63) is 175 Å². The molecular formula is C61H63N4OPtSi2-3. The molecule has 4 fully saturated rings. The Morgan fingerprint density at radius 1 is 0.623 bits per heavy atom. The van der Waals surface area contributed by atoms with Crippen LogP contribution in [0.25, 0.3) is 27.6 Å². The zero-order valence-electron chi connectivity index (χ0n) is 41.3. The van der Waals surface area contributed by atoms with E-state index in [0.29, 0.717) is 23.3 Å². The molecule has 5 aliphatic rings. The van der Waals surface area contributed by atoms with Crippen LogP contribution in [0.4, 0.5) is 22.7 Å². The van der Waals surface area contributed by atoms with Gasteiger partial charge in [-0.2, -0.15) is 6.07 Å². The van der Waals surface area contributed by atoms with E-state index in [1.165, 1.54) is 75.9 Å². The maximum absolute atomic E-state index is 6.96. The monoisotopic (exact) mass is 1120 g/mol. The molecule has 3 heterocycles. The van der Waals surface area contributed by atoms with E-state index in [4.69, 9.17) is 9.72 Å². The fourth-order valence-corrected chi connectivity index (χ4v) is 16.7. The number of hydrogen-bond donors (Lipinski definition) is 0. The summed E-state index contributed by atoms with van der Waals surface area (Å²) in [5.41, 5.74) is 10.8. The summed E-state index contributed by atoms with van der Waals surface area (Å²) < 4.78 is 9.29. The van der Waals surface area contributed by atoms with Crippen molar-refractivity contribution in [2.45, 2.75) is 96.6 Å². The van der Waals surface area contributed by atoms with Crippen LogP contribution in [0.2, 0.25) is 39.3 Å². The molecule has 8 aromatic rings. The Balaban J connectivity index is 0.00000520. The number of nitrogens with zero attached hydrogens (tertiary/aromatic N) is 4. The summed E-state index contributed by atoms with van der Waals surface area (Å²) in [6.07, 6.45) is 8.80. The summed E-state index contributed by atoms with van der Waals surface area (Å²) in [7, 11) is -3.48. The van der Waals surface area contributed by atoms with Crippen LogP contribution in [0.1, 0.15) is 68.6 Å². The van der Waals surface area contributed by atoms with E-state index < -0.39 is 16.1 Å². The van der Waals surface area contributed by atoms with E-state index in [1.807, 2.05) is 0 Å². The van der Waals surface area contributed by atoms with E-state index in [2.05, 4.69) is 226 Å². The van der Waals surface area contributed by atoms with Gasteiger partial charge in [0.25, 0.3) is 0 Å². The van der Waals surface area contributed by atoms with Crippen LogP contribution in [0.3, 0.4) is 0 Å². The van der Waals surface area contributed by atoms with Crippen LogP contribution in [0, 0.1) is 42.5 Å². The molecule has 0 N–H and O–H groups in total. The number of benzene rings is 6. The number of para-hydroxylation sites is 4. The molecule has 69 heavy (non-hydrogen) atoms. The summed E-state index contributed by atoms with van der Waals surface area (Å²) in [6, 6.07) is 57.1. The fraction of sp³-hybridized carbons (Fsp3) is 0.311. The fourth-order valence-electron chi connectivity index (χ4n) is 13.4. The summed E-state index contributed by atoms with van der Waals surface area (Å²) >= 11 is 0. The molecule has 13 rings (SSSR count). The summed E-state index contributed by atoms with van der Waals surface area (Å²) in [5.74, 6) is 5.55. The van der Waals surface area contributed by atoms with Crippen molar-refractivity contribution in [3.63, 3.8) is 0 Å². The van der Waals surface area contributed by atoms with Crippen molar-refractivity contribution in [1.29, 1.82) is 0 Å². The third kappa shape index (κ3) is 7.68. The van der Waals surface area contributed by atoms with Crippen molar-refractivity contribution >= 4 is 71.1 Å². The zero-order chi connectivity index (χ0) is 46.7. The van der Waals surface area contributed by atoms with Crippen LogP contribution >= 0.6 is 0 Å². The van der Waals surface area contributed by atoms with Gasteiger partial charge in [0.2, 0.25) is 0 Å². The first-order chi connectivity index (χ1) is 32.8. The van der Waals surface area contributed by atoms with Crippen LogP contribution < -0.4 is 24.9 Å². The molecule has 4 bridgehead atoms. The van der Waals surface area contributed by atoms with Gasteiger partial charge in [0.15, 0.2) is 0 Å². The Morgan fingerprint density at radius 3 is 1.93 bits per heavy atom. The molecule has 0 radical (unpaired) electrons. The van der Waals surface area contributed by atoms with Gasteiger partial charge in [-0.15, -0.1) is 53.6 Å². The molecule has 2 aromatic heterocycles. The summed E-state index contributed by atoms with van der Waals surface area (Å²) in [4.78, 5) is 9.98. The smallest absolute Gasteiger partial charge is 0.135 e. The molecule has 0 unspecified atom stereocenters. The van der Waals surface area contributed by atoms with Gasteiger partial charge >= 0.3 is 0 Å². The number of rotatable bonds is 10. The minimum atomic E-state index is -1.74. The first kappa shape index (κ1) is 46.2. The summed E-state index contributed by atoms with van der Waals surface area (Å²) in [5, 5.41) is 5.29. The maximum Gasteiger partial charge on any atom is 0.135 e. The van der Waals surface area contributed by atoms with E-state index in [1.54, 1.807) is 0 Å². The third-order valence-electron chi connectivity index (χ3n) is 16.2. The topological polar surface area (TPSA) is 33.5 Å². The van der Waals surface area contributed by atoms with Crippen LogP contribution in [0.15, 0.2) is 140 Å². The van der Waals surface area contributed by atoms with Crippen LogP contribution in [-0.2, 0) is 26.5 Å². The third-order valence-corrected chi connectivity index (χ3v) is 20.2. The van der Waals surface area contributed by atoms with Crippen molar-refractivity contribution in [3.8, 4) is 17.3 Å². The number of pyridine rings is 1. The molecule has 1 aliphatic heterocycles. The Kier molecular flexibility index (Phi) is 11.6. The second-order valence-electron chi connectivity index (χ2n) is 22.8. The molecule has 0 amide bonds. The average molecular weight is 1120 g/mol. The van der Waals surface area contributed by atoms with Gasteiger partial charge in [-0.25, -0.2) is 4.98 Å². The number of hydrogen-bond acceptors (Lipinski definition) is 4. The minimum Gasteiger partial charge on any atom is -0.509 e. The van der Waals surface area contributed by atoms with Gasteiger partial charge < -0.3 is 19.1 Å². The normalized spacial score (nSPS) is 21.9. The van der Waals surface area contributed by atoms with Crippen molar-refractivity contribution < 1.29 is 25.8 Å². The van der Waals surface area contributed by atoms with Crippen LogP contribution in [0.5, 0.6) is 11.5 Å². The van der Waals surface area contributed by atoms with E-state index >= 15 is 0 Å². The van der Waals surface area contributed by atoms with Gasteiger partial charge in [-0.3, -0.25) is 0 Å². The minimum absolute atomic E-state index is 0. The predicted molar refractivity (Wildman–Crippen MR) is 289 cm³/mol. The van der Waals surface area contributed by atoms with Gasteiger partial charge in [0, 0.05) is 66.8 Å². The Morgan fingerprint density at radius 2 is 1.26 bits per heavy atom. The largest absolute Gasteiger partial charge is 0.509 e. The molecule has 4 saturated carbocycles.